The maximum Gasteiger partial charge on any atom is 0.435 e. The number of ether oxygens (including phenoxy) is 1. The first-order chi connectivity index (χ1) is 16.2. The molecule has 0 spiro atoms. The molecule has 5 aromatic rings. The fourth-order valence-electron chi connectivity index (χ4n) is 3.84. The Morgan fingerprint density at radius 2 is 1.91 bits per heavy atom. The molecule has 34 heavy (non-hydrogen) atoms. The summed E-state index contributed by atoms with van der Waals surface area (Å²) in [4.78, 5) is 20.5. The van der Waals surface area contributed by atoms with E-state index in [1.54, 1.807) is 18.2 Å². The first-order valence-corrected chi connectivity index (χ1v) is 9.90. The van der Waals surface area contributed by atoms with Crippen molar-refractivity contribution < 1.29 is 22.3 Å². The van der Waals surface area contributed by atoms with Crippen LogP contribution in [0.5, 0.6) is 5.75 Å². The average molecular weight is 465 g/mol. The SMILES string of the molecule is COc1cc(C#N)cc2oc(-c3c(C)[nH]c4c(-c5ccccc5)c(C(F)(F)F)nn4c3=O)nc12. The Balaban J connectivity index is 1.82. The van der Waals surface area contributed by atoms with Gasteiger partial charge in [0.2, 0.25) is 5.89 Å². The number of oxazole rings is 1. The number of aromatic nitrogens is 4. The van der Waals surface area contributed by atoms with E-state index in [-0.39, 0.29) is 56.3 Å². The molecule has 0 radical (unpaired) electrons. The molecule has 0 bridgehead atoms. The van der Waals surface area contributed by atoms with E-state index in [0.29, 0.717) is 4.52 Å². The number of benzene rings is 2. The molecule has 3 heterocycles. The molecule has 0 saturated heterocycles. The normalized spacial score (nSPS) is 11.8. The quantitative estimate of drug-likeness (QED) is 0.414. The molecule has 11 heteroatoms. The lowest BCUT2D eigenvalue weighted by Gasteiger charge is -2.07. The molecule has 0 atom stereocenters. The second-order valence-electron chi connectivity index (χ2n) is 7.43. The van der Waals surface area contributed by atoms with Gasteiger partial charge < -0.3 is 14.1 Å². The van der Waals surface area contributed by atoms with E-state index in [1.807, 2.05) is 6.07 Å². The molecule has 170 valence electrons. The molecule has 0 aliphatic rings. The third-order valence-corrected chi connectivity index (χ3v) is 5.33. The van der Waals surface area contributed by atoms with E-state index in [2.05, 4.69) is 15.1 Å². The zero-order valence-corrected chi connectivity index (χ0v) is 17.7. The topological polar surface area (TPSA) is 109 Å². The molecular weight excluding hydrogens is 451 g/mol. The summed E-state index contributed by atoms with van der Waals surface area (Å²) in [6.07, 6.45) is -4.80. The van der Waals surface area contributed by atoms with Crippen molar-refractivity contribution in [3.05, 3.63) is 69.8 Å². The molecule has 0 aliphatic heterocycles. The lowest BCUT2D eigenvalue weighted by atomic mass is 10.1. The van der Waals surface area contributed by atoms with Crippen molar-refractivity contribution in [1.29, 1.82) is 5.26 Å². The highest BCUT2D eigenvalue weighted by Gasteiger charge is 2.39. The molecule has 5 rings (SSSR count). The van der Waals surface area contributed by atoms with Crippen molar-refractivity contribution in [3.8, 4) is 34.4 Å². The maximum absolute atomic E-state index is 13.9. The number of rotatable bonds is 3. The monoisotopic (exact) mass is 465 g/mol. The largest absolute Gasteiger partial charge is 0.494 e. The van der Waals surface area contributed by atoms with Crippen LogP contribution in [-0.4, -0.2) is 26.7 Å². The predicted octanol–water partition coefficient (Wildman–Crippen LogP) is 4.71. The molecule has 0 unspecified atom stereocenters. The Bertz CT molecular complexity index is 1670. The lowest BCUT2D eigenvalue weighted by Crippen LogP contribution is -2.19. The van der Waals surface area contributed by atoms with Crippen LogP contribution in [0.1, 0.15) is 17.0 Å². The minimum Gasteiger partial charge on any atom is -0.494 e. The van der Waals surface area contributed by atoms with E-state index in [1.165, 1.54) is 38.3 Å². The van der Waals surface area contributed by atoms with Crippen LogP contribution in [0.15, 0.2) is 51.7 Å². The van der Waals surface area contributed by atoms with Crippen LogP contribution in [0.3, 0.4) is 0 Å². The van der Waals surface area contributed by atoms with Crippen molar-refractivity contribution >= 4 is 16.7 Å². The van der Waals surface area contributed by atoms with Gasteiger partial charge >= 0.3 is 6.18 Å². The number of nitrogens with one attached hydrogen (secondary N) is 1. The average Bonchev–Trinajstić information content (AvgIpc) is 3.40. The van der Waals surface area contributed by atoms with Crippen LogP contribution in [0.25, 0.3) is 39.3 Å². The van der Waals surface area contributed by atoms with Crippen molar-refractivity contribution in [2.75, 3.05) is 7.11 Å². The molecular formula is C23H14F3N5O3. The molecule has 1 N–H and O–H groups in total. The van der Waals surface area contributed by atoms with E-state index >= 15 is 0 Å². The maximum atomic E-state index is 13.9. The van der Waals surface area contributed by atoms with Crippen LogP contribution < -0.4 is 10.3 Å². The lowest BCUT2D eigenvalue weighted by molar-refractivity contribution is -0.140. The first kappa shape index (κ1) is 21.3. The van der Waals surface area contributed by atoms with Crippen LogP contribution in [-0.2, 0) is 6.18 Å². The Kier molecular flexibility index (Phi) is 4.68. The van der Waals surface area contributed by atoms with Crippen LogP contribution in [0.2, 0.25) is 0 Å². The van der Waals surface area contributed by atoms with Gasteiger partial charge in [-0.15, -0.1) is 0 Å². The zero-order chi connectivity index (χ0) is 24.2. The summed E-state index contributed by atoms with van der Waals surface area (Å²) >= 11 is 0. The summed E-state index contributed by atoms with van der Waals surface area (Å²) in [5, 5.41) is 12.8. The number of halogens is 3. The van der Waals surface area contributed by atoms with Crippen LogP contribution in [0, 0.1) is 18.3 Å². The van der Waals surface area contributed by atoms with Gasteiger partial charge in [0.05, 0.1) is 24.3 Å². The van der Waals surface area contributed by atoms with Crippen molar-refractivity contribution in [2.45, 2.75) is 13.1 Å². The molecule has 8 nitrogen and oxygen atoms in total. The van der Waals surface area contributed by atoms with Gasteiger partial charge in [-0.2, -0.15) is 28.0 Å². The fourth-order valence-corrected chi connectivity index (χ4v) is 3.84. The number of H-pyrrole nitrogens is 1. The number of nitriles is 1. The van der Waals surface area contributed by atoms with Gasteiger partial charge in [0.25, 0.3) is 5.56 Å². The van der Waals surface area contributed by atoms with Crippen molar-refractivity contribution in [2.24, 2.45) is 0 Å². The summed E-state index contributed by atoms with van der Waals surface area (Å²) in [6, 6.07) is 12.7. The zero-order valence-electron chi connectivity index (χ0n) is 17.7. The van der Waals surface area contributed by atoms with Crippen LogP contribution in [0.4, 0.5) is 13.2 Å². The third kappa shape index (κ3) is 3.19. The van der Waals surface area contributed by atoms with Gasteiger partial charge in [0.1, 0.15) is 17.0 Å². The highest BCUT2D eigenvalue weighted by atomic mass is 19.4. The second kappa shape index (κ2) is 7.48. The summed E-state index contributed by atoms with van der Waals surface area (Å²) < 4.78 is 53.2. The Morgan fingerprint density at radius 3 is 2.56 bits per heavy atom. The highest BCUT2D eigenvalue weighted by molar-refractivity contribution is 5.85. The predicted molar refractivity (Wildman–Crippen MR) is 115 cm³/mol. The molecule has 0 amide bonds. The minimum atomic E-state index is -4.80. The molecule has 2 aromatic carbocycles. The summed E-state index contributed by atoms with van der Waals surface area (Å²) in [5.74, 6) is 0.110. The number of alkyl halides is 3. The number of hydrogen-bond donors (Lipinski definition) is 1. The van der Waals surface area contributed by atoms with Gasteiger partial charge in [-0.05, 0) is 12.5 Å². The number of fused-ring (bicyclic) bond motifs is 2. The van der Waals surface area contributed by atoms with E-state index in [4.69, 9.17) is 9.15 Å². The second-order valence-corrected chi connectivity index (χ2v) is 7.43. The number of aromatic amines is 1. The van der Waals surface area contributed by atoms with E-state index in [0.717, 1.165) is 0 Å². The molecule has 0 fully saturated rings. The number of aryl methyl sites for hydroxylation is 1. The smallest absolute Gasteiger partial charge is 0.435 e. The van der Waals surface area contributed by atoms with Crippen LogP contribution >= 0.6 is 0 Å². The Morgan fingerprint density at radius 1 is 1.18 bits per heavy atom. The van der Waals surface area contributed by atoms with E-state index in [9.17, 15) is 23.2 Å². The van der Waals surface area contributed by atoms with Crippen molar-refractivity contribution in [1.82, 2.24) is 19.6 Å². The third-order valence-electron chi connectivity index (χ3n) is 5.33. The molecule has 0 aliphatic carbocycles. The van der Waals surface area contributed by atoms with Gasteiger partial charge in [-0.3, -0.25) is 4.79 Å². The number of methoxy groups -OCH3 is 1. The standard InChI is InChI=1S/C23H14F3N5O3/c1-11-16(21-29-18-14(33-2)8-12(10-27)9-15(18)34-21)22(32)31-20(28-11)17(13-6-4-3-5-7-13)19(30-31)23(24,25)26/h3-9,28H,1-2H3. The van der Waals surface area contributed by atoms with Gasteiger partial charge in [-0.1, -0.05) is 30.3 Å². The number of hydrogen-bond acceptors (Lipinski definition) is 6. The van der Waals surface area contributed by atoms with Gasteiger partial charge in [0, 0.05) is 17.8 Å². The first-order valence-electron chi connectivity index (χ1n) is 9.90. The Hall–Kier alpha value is -4.59. The number of nitrogens with zero attached hydrogens (tertiary/aromatic N) is 4. The summed E-state index contributed by atoms with van der Waals surface area (Å²) in [5.41, 5.74) is -1.29. The van der Waals surface area contributed by atoms with E-state index < -0.39 is 17.4 Å². The highest BCUT2D eigenvalue weighted by Crippen LogP contribution is 2.38. The minimum absolute atomic E-state index is 0.0971. The molecule has 0 saturated carbocycles. The summed E-state index contributed by atoms with van der Waals surface area (Å²) in [6.45, 7) is 1.53. The molecule has 3 aromatic heterocycles. The summed E-state index contributed by atoms with van der Waals surface area (Å²) in [7, 11) is 1.39. The fraction of sp³-hybridized carbons (Fsp3) is 0.130. The Labute approximate surface area is 188 Å². The van der Waals surface area contributed by atoms with Gasteiger partial charge in [-0.25, -0.2) is 4.98 Å². The van der Waals surface area contributed by atoms with Crippen molar-refractivity contribution in [3.63, 3.8) is 0 Å². The van der Waals surface area contributed by atoms with Gasteiger partial charge in [0.15, 0.2) is 16.8 Å².